The van der Waals surface area contributed by atoms with Crippen LogP contribution in [0.4, 0.5) is 5.69 Å². The van der Waals surface area contributed by atoms with Crippen molar-refractivity contribution in [2.24, 2.45) is 11.8 Å². The molecule has 1 aromatic carbocycles. The van der Waals surface area contributed by atoms with Gasteiger partial charge in [-0.15, -0.1) is 11.8 Å². The second-order valence-corrected chi connectivity index (χ2v) is 6.37. The Bertz CT molecular complexity index is 575. The highest BCUT2D eigenvalue weighted by Crippen LogP contribution is 2.50. The van der Waals surface area contributed by atoms with E-state index >= 15 is 0 Å². The Morgan fingerprint density at radius 1 is 1.10 bits per heavy atom. The molecule has 0 saturated carbocycles. The average molecular weight is 289 g/mol. The molecule has 0 spiro atoms. The summed E-state index contributed by atoms with van der Waals surface area (Å²) in [4.78, 5) is 27.7. The maximum absolute atomic E-state index is 12.7. The van der Waals surface area contributed by atoms with Gasteiger partial charge in [-0.05, 0) is 31.2 Å². The molecule has 0 unspecified atom stereocenters. The van der Waals surface area contributed by atoms with E-state index in [1.54, 1.807) is 11.8 Å². The van der Waals surface area contributed by atoms with Gasteiger partial charge in [-0.1, -0.05) is 12.1 Å². The Hall–Kier alpha value is -1.33. The summed E-state index contributed by atoms with van der Waals surface area (Å²) in [7, 11) is 0. The lowest BCUT2D eigenvalue weighted by molar-refractivity contribution is -0.124. The lowest BCUT2D eigenvalue weighted by atomic mass is 9.81. The molecule has 4 nitrogen and oxygen atoms in total. The summed E-state index contributed by atoms with van der Waals surface area (Å²) in [5.74, 6) is -0.658. The normalized spacial score (nSPS) is 35.0. The first-order chi connectivity index (χ1) is 9.72. The maximum atomic E-state index is 12.7. The van der Waals surface area contributed by atoms with E-state index in [1.165, 1.54) is 4.90 Å². The van der Waals surface area contributed by atoms with E-state index in [4.69, 9.17) is 4.74 Å². The van der Waals surface area contributed by atoms with Crippen LogP contribution < -0.4 is 4.90 Å². The number of imide groups is 1. The zero-order valence-corrected chi connectivity index (χ0v) is 11.9. The van der Waals surface area contributed by atoms with Crippen molar-refractivity contribution in [3.8, 4) is 0 Å². The van der Waals surface area contributed by atoms with Crippen molar-refractivity contribution in [1.82, 2.24) is 0 Å². The third-order valence-corrected chi connectivity index (χ3v) is 5.40. The average Bonchev–Trinajstić information content (AvgIpc) is 3.13. The Morgan fingerprint density at radius 2 is 1.70 bits per heavy atom. The third-order valence-electron chi connectivity index (χ3n) is 4.61. The summed E-state index contributed by atoms with van der Waals surface area (Å²) in [5, 5.41) is 0. The third kappa shape index (κ3) is 1.48. The summed E-state index contributed by atoms with van der Waals surface area (Å²) in [5.41, 5.74) is 0.726. The van der Waals surface area contributed by atoms with Crippen LogP contribution in [-0.4, -0.2) is 30.3 Å². The second kappa shape index (κ2) is 4.33. The van der Waals surface area contributed by atoms with Gasteiger partial charge in [0.15, 0.2) is 0 Å². The molecule has 1 aromatic rings. The van der Waals surface area contributed by atoms with E-state index in [9.17, 15) is 9.59 Å². The van der Waals surface area contributed by atoms with E-state index in [-0.39, 0.29) is 35.9 Å². The number of hydrogen-bond donors (Lipinski definition) is 0. The number of carbonyl (C=O) groups excluding carboxylic acids is 2. The van der Waals surface area contributed by atoms with Crippen molar-refractivity contribution >= 4 is 29.3 Å². The van der Waals surface area contributed by atoms with Gasteiger partial charge in [0.25, 0.3) is 0 Å². The standard InChI is InChI=1S/C15H15NO3S/c1-20-11-5-3-2-4-8(11)16-14(17)12-9-6-7-10(19-9)13(12)15(16)18/h2-5,9-10,12-13H,6-7H2,1H3/t9-,10-,12-,13+/m1/s1. The fraction of sp³-hybridized carbons (Fsp3) is 0.467. The highest BCUT2D eigenvalue weighted by Gasteiger charge is 2.62. The van der Waals surface area contributed by atoms with Crippen LogP contribution in [0.2, 0.25) is 0 Å². The predicted octanol–water partition coefficient (Wildman–Crippen LogP) is 2.08. The van der Waals surface area contributed by atoms with Crippen LogP contribution in [0.1, 0.15) is 12.8 Å². The second-order valence-electron chi connectivity index (χ2n) is 5.53. The summed E-state index contributed by atoms with van der Waals surface area (Å²) >= 11 is 1.55. The fourth-order valence-corrected chi connectivity index (χ4v) is 4.35. The van der Waals surface area contributed by atoms with Crippen LogP contribution in [0.5, 0.6) is 0 Å². The Balaban J connectivity index is 1.77. The van der Waals surface area contributed by atoms with Crippen molar-refractivity contribution in [2.45, 2.75) is 29.9 Å². The molecule has 4 rings (SSSR count). The van der Waals surface area contributed by atoms with Crippen LogP contribution in [-0.2, 0) is 14.3 Å². The molecule has 5 heteroatoms. The zero-order valence-electron chi connectivity index (χ0n) is 11.1. The van der Waals surface area contributed by atoms with Crippen molar-refractivity contribution < 1.29 is 14.3 Å². The number of carbonyl (C=O) groups is 2. The van der Waals surface area contributed by atoms with Crippen molar-refractivity contribution in [1.29, 1.82) is 0 Å². The molecule has 3 fully saturated rings. The van der Waals surface area contributed by atoms with E-state index in [1.807, 2.05) is 30.5 Å². The van der Waals surface area contributed by atoms with Gasteiger partial charge in [-0.3, -0.25) is 9.59 Å². The van der Waals surface area contributed by atoms with Gasteiger partial charge in [0.1, 0.15) is 0 Å². The number of fused-ring (bicyclic) bond motifs is 5. The summed E-state index contributed by atoms with van der Waals surface area (Å²) < 4.78 is 5.75. The number of thioether (sulfide) groups is 1. The lowest BCUT2D eigenvalue weighted by Gasteiger charge is -2.19. The first-order valence-electron chi connectivity index (χ1n) is 6.88. The molecule has 2 bridgehead atoms. The molecule has 2 amide bonds. The first-order valence-corrected chi connectivity index (χ1v) is 8.11. The number of rotatable bonds is 2. The topological polar surface area (TPSA) is 46.6 Å². The molecule has 3 aliphatic rings. The van der Waals surface area contributed by atoms with E-state index in [0.717, 1.165) is 23.4 Å². The van der Waals surface area contributed by atoms with E-state index in [0.29, 0.717) is 0 Å². The van der Waals surface area contributed by atoms with Gasteiger partial charge in [-0.2, -0.15) is 0 Å². The molecule has 0 N–H and O–H groups in total. The SMILES string of the molecule is CSc1ccccc1N1C(=O)[C@@H]2[C@H](C1=O)[C@H]1CC[C@H]2O1. The molecule has 104 valence electrons. The molecule has 0 aliphatic carbocycles. The quantitative estimate of drug-likeness (QED) is 0.618. The number of benzene rings is 1. The number of amides is 2. The molecule has 3 aliphatic heterocycles. The fourth-order valence-electron chi connectivity index (χ4n) is 3.76. The molecule has 3 saturated heterocycles. The van der Waals surface area contributed by atoms with Gasteiger partial charge in [-0.25, -0.2) is 4.90 Å². The largest absolute Gasteiger partial charge is 0.373 e. The summed E-state index contributed by atoms with van der Waals surface area (Å²) in [6.45, 7) is 0. The predicted molar refractivity (Wildman–Crippen MR) is 75.6 cm³/mol. The van der Waals surface area contributed by atoms with Crippen LogP contribution >= 0.6 is 11.8 Å². The number of para-hydroxylation sites is 1. The van der Waals surface area contributed by atoms with E-state index in [2.05, 4.69) is 0 Å². The number of ether oxygens (including phenoxy) is 1. The highest BCUT2D eigenvalue weighted by atomic mass is 32.2. The monoisotopic (exact) mass is 289 g/mol. The van der Waals surface area contributed by atoms with Gasteiger partial charge < -0.3 is 4.74 Å². The van der Waals surface area contributed by atoms with Crippen LogP contribution in [0.25, 0.3) is 0 Å². The van der Waals surface area contributed by atoms with Crippen LogP contribution in [0.15, 0.2) is 29.2 Å². The number of hydrogen-bond acceptors (Lipinski definition) is 4. The Morgan fingerprint density at radius 3 is 2.30 bits per heavy atom. The first kappa shape index (κ1) is 12.4. The van der Waals surface area contributed by atoms with Crippen LogP contribution in [0, 0.1) is 11.8 Å². The van der Waals surface area contributed by atoms with Gasteiger partial charge in [0.05, 0.1) is 29.7 Å². The molecular formula is C15H15NO3S. The summed E-state index contributed by atoms with van der Waals surface area (Å²) in [6.07, 6.45) is 3.67. The molecular weight excluding hydrogens is 274 g/mol. The Labute approximate surface area is 121 Å². The van der Waals surface area contributed by atoms with Gasteiger partial charge >= 0.3 is 0 Å². The van der Waals surface area contributed by atoms with Crippen molar-refractivity contribution in [2.75, 3.05) is 11.2 Å². The molecule has 3 heterocycles. The number of nitrogens with zero attached hydrogens (tertiary/aromatic N) is 1. The minimum absolute atomic E-state index is 0.0482. The van der Waals surface area contributed by atoms with Gasteiger partial charge in [0, 0.05) is 4.90 Å². The van der Waals surface area contributed by atoms with Gasteiger partial charge in [0.2, 0.25) is 11.8 Å². The molecule has 20 heavy (non-hydrogen) atoms. The number of anilines is 1. The molecule has 0 radical (unpaired) electrons. The molecule has 4 atom stereocenters. The minimum Gasteiger partial charge on any atom is -0.373 e. The Kier molecular flexibility index (Phi) is 2.69. The molecule has 0 aromatic heterocycles. The maximum Gasteiger partial charge on any atom is 0.240 e. The smallest absolute Gasteiger partial charge is 0.240 e. The van der Waals surface area contributed by atoms with Crippen molar-refractivity contribution in [3.05, 3.63) is 24.3 Å². The highest BCUT2D eigenvalue weighted by molar-refractivity contribution is 7.98. The lowest BCUT2D eigenvalue weighted by Crippen LogP contribution is -2.34. The van der Waals surface area contributed by atoms with E-state index < -0.39 is 0 Å². The van der Waals surface area contributed by atoms with Crippen LogP contribution in [0.3, 0.4) is 0 Å². The minimum atomic E-state index is -0.254. The van der Waals surface area contributed by atoms with Crippen molar-refractivity contribution in [3.63, 3.8) is 0 Å². The zero-order chi connectivity index (χ0) is 13.9. The summed E-state index contributed by atoms with van der Waals surface area (Å²) in [6, 6.07) is 7.59.